The van der Waals surface area contributed by atoms with Gasteiger partial charge in [-0.25, -0.2) is 4.98 Å². The zero-order chi connectivity index (χ0) is 10.8. The van der Waals surface area contributed by atoms with Crippen LogP contribution in [0.2, 0.25) is 0 Å². The molecule has 0 radical (unpaired) electrons. The van der Waals surface area contributed by atoms with E-state index >= 15 is 0 Å². The van der Waals surface area contributed by atoms with Crippen molar-refractivity contribution in [2.24, 2.45) is 5.73 Å². The zero-order valence-electron chi connectivity index (χ0n) is 9.68. The fourth-order valence-electron chi connectivity index (χ4n) is 1.92. The van der Waals surface area contributed by atoms with Crippen LogP contribution in [0.1, 0.15) is 18.5 Å². The summed E-state index contributed by atoms with van der Waals surface area (Å²) >= 11 is 0. The lowest BCUT2D eigenvalue weighted by molar-refractivity contribution is 0.499. The van der Waals surface area contributed by atoms with E-state index in [0.717, 1.165) is 31.6 Å². The molecule has 1 unspecified atom stereocenters. The maximum atomic E-state index is 11.3. The number of nitrogens with one attached hydrogen (secondary N) is 1. The van der Waals surface area contributed by atoms with Gasteiger partial charge in [0.25, 0.3) is 5.56 Å². The normalized spacial score (nSPS) is 19.2. The van der Waals surface area contributed by atoms with Crippen LogP contribution in [0.15, 0.2) is 10.9 Å². The Morgan fingerprint density at radius 1 is 1.53 bits per heavy atom. The molecule has 1 saturated heterocycles. The van der Waals surface area contributed by atoms with E-state index in [1.165, 1.54) is 6.07 Å². The van der Waals surface area contributed by atoms with E-state index in [1.54, 1.807) is 0 Å². The third-order valence-corrected chi connectivity index (χ3v) is 2.61. The largest absolute Gasteiger partial charge is 0.341 e. The van der Waals surface area contributed by atoms with E-state index in [9.17, 15) is 4.79 Å². The molecule has 1 aliphatic heterocycles. The van der Waals surface area contributed by atoms with Crippen molar-refractivity contribution >= 4 is 30.8 Å². The maximum absolute atomic E-state index is 11.3. The fraction of sp³-hybridized carbons (Fsp3) is 0.600. The van der Waals surface area contributed by atoms with E-state index in [1.807, 2.05) is 11.8 Å². The highest BCUT2D eigenvalue weighted by molar-refractivity contribution is 5.85. The van der Waals surface area contributed by atoms with Gasteiger partial charge in [0.05, 0.1) is 0 Å². The van der Waals surface area contributed by atoms with E-state index in [0.29, 0.717) is 5.95 Å². The number of aromatic amines is 1. The molecule has 1 fully saturated rings. The molecule has 17 heavy (non-hydrogen) atoms. The van der Waals surface area contributed by atoms with E-state index in [4.69, 9.17) is 5.73 Å². The van der Waals surface area contributed by atoms with Gasteiger partial charge in [0.2, 0.25) is 5.95 Å². The van der Waals surface area contributed by atoms with Crippen molar-refractivity contribution in [2.75, 3.05) is 18.0 Å². The summed E-state index contributed by atoms with van der Waals surface area (Å²) in [5, 5.41) is 0. The highest BCUT2D eigenvalue weighted by Crippen LogP contribution is 2.13. The minimum Gasteiger partial charge on any atom is -0.341 e. The minimum atomic E-state index is -0.100. The molecule has 0 aromatic carbocycles. The molecule has 5 nitrogen and oxygen atoms in total. The first-order valence-electron chi connectivity index (χ1n) is 5.23. The van der Waals surface area contributed by atoms with Crippen molar-refractivity contribution in [3.63, 3.8) is 0 Å². The van der Waals surface area contributed by atoms with Crippen LogP contribution in [-0.4, -0.2) is 29.1 Å². The van der Waals surface area contributed by atoms with Crippen molar-refractivity contribution in [2.45, 2.75) is 25.8 Å². The number of anilines is 1. The first-order chi connectivity index (χ1) is 7.15. The maximum Gasteiger partial charge on any atom is 0.252 e. The average Bonchev–Trinajstić information content (AvgIpc) is 2.16. The number of aryl methyl sites for hydroxylation is 1. The molecular formula is C10H18Cl2N4O. The number of aromatic nitrogens is 2. The first kappa shape index (κ1) is 16.2. The highest BCUT2D eigenvalue weighted by Gasteiger charge is 2.18. The summed E-state index contributed by atoms with van der Waals surface area (Å²) in [6, 6.07) is 1.68. The van der Waals surface area contributed by atoms with Gasteiger partial charge in [-0.1, -0.05) is 0 Å². The molecule has 3 N–H and O–H groups in total. The number of halogens is 2. The fourth-order valence-corrected chi connectivity index (χ4v) is 1.92. The third-order valence-electron chi connectivity index (χ3n) is 2.61. The van der Waals surface area contributed by atoms with Gasteiger partial charge >= 0.3 is 0 Å². The van der Waals surface area contributed by atoms with Gasteiger partial charge in [0.1, 0.15) is 0 Å². The van der Waals surface area contributed by atoms with Crippen molar-refractivity contribution in [3.8, 4) is 0 Å². The number of H-pyrrole nitrogens is 1. The average molecular weight is 281 g/mol. The monoisotopic (exact) mass is 280 g/mol. The Kier molecular flexibility index (Phi) is 6.52. The molecule has 7 heteroatoms. The van der Waals surface area contributed by atoms with Crippen molar-refractivity contribution in [1.82, 2.24) is 9.97 Å². The molecule has 1 atom stereocenters. The van der Waals surface area contributed by atoms with Crippen molar-refractivity contribution < 1.29 is 0 Å². The van der Waals surface area contributed by atoms with E-state index in [2.05, 4.69) is 9.97 Å². The Hall–Kier alpha value is -0.780. The van der Waals surface area contributed by atoms with Gasteiger partial charge < -0.3 is 10.6 Å². The van der Waals surface area contributed by atoms with Gasteiger partial charge in [-0.2, -0.15) is 0 Å². The summed E-state index contributed by atoms with van der Waals surface area (Å²) in [6.07, 6.45) is 2.10. The lowest BCUT2D eigenvalue weighted by Gasteiger charge is -2.31. The van der Waals surface area contributed by atoms with E-state index in [-0.39, 0.29) is 36.4 Å². The molecule has 0 amide bonds. The summed E-state index contributed by atoms with van der Waals surface area (Å²) in [7, 11) is 0. The SMILES string of the molecule is Cc1cc(=O)[nH]c(N2CCCC(N)C2)n1.Cl.Cl. The van der Waals surface area contributed by atoms with Gasteiger partial charge in [-0.3, -0.25) is 9.78 Å². The number of rotatable bonds is 1. The summed E-state index contributed by atoms with van der Waals surface area (Å²) < 4.78 is 0. The van der Waals surface area contributed by atoms with Crippen molar-refractivity contribution in [3.05, 3.63) is 22.1 Å². The second-order valence-electron chi connectivity index (χ2n) is 4.06. The smallest absolute Gasteiger partial charge is 0.252 e. The van der Waals surface area contributed by atoms with Crippen molar-refractivity contribution in [1.29, 1.82) is 0 Å². The molecule has 1 aromatic heterocycles. The number of piperidine rings is 1. The highest BCUT2D eigenvalue weighted by atomic mass is 35.5. The number of hydrogen-bond acceptors (Lipinski definition) is 4. The van der Waals surface area contributed by atoms with Crippen LogP contribution in [0.5, 0.6) is 0 Å². The Balaban J connectivity index is 0.00000128. The molecule has 0 saturated carbocycles. The molecule has 1 aliphatic rings. The van der Waals surface area contributed by atoms with Crippen LogP contribution >= 0.6 is 24.8 Å². The standard InChI is InChI=1S/C10H16N4O.2ClH/c1-7-5-9(15)13-10(12-7)14-4-2-3-8(11)6-14;;/h5,8H,2-4,6,11H2,1H3,(H,12,13,15);2*1H. The number of nitrogens with zero attached hydrogens (tertiary/aromatic N) is 2. The third kappa shape index (κ3) is 4.18. The van der Waals surface area contributed by atoms with Gasteiger partial charge in [0, 0.05) is 30.9 Å². The molecule has 1 aromatic rings. The zero-order valence-corrected chi connectivity index (χ0v) is 11.3. The second kappa shape index (κ2) is 6.83. The lowest BCUT2D eigenvalue weighted by Crippen LogP contribution is -2.44. The minimum absolute atomic E-state index is 0. The molecule has 2 heterocycles. The van der Waals surface area contributed by atoms with E-state index < -0.39 is 0 Å². The molecule has 0 bridgehead atoms. The van der Waals surface area contributed by atoms with Crippen LogP contribution < -0.4 is 16.2 Å². The predicted molar refractivity (Wildman–Crippen MR) is 73.5 cm³/mol. The molecular weight excluding hydrogens is 263 g/mol. The summed E-state index contributed by atoms with van der Waals surface area (Å²) in [4.78, 5) is 20.4. The molecule has 0 aliphatic carbocycles. The Bertz CT molecular complexity index is 410. The van der Waals surface area contributed by atoms with Gasteiger partial charge in [-0.05, 0) is 19.8 Å². The topological polar surface area (TPSA) is 75.0 Å². The number of nitrogens with two attached hydrogens (primary N) is 1. The summed E-state index contributed by atoms with van der Waals surface area (Å²) in [6.45, 7) is 3.51. The van der Waals surface area contributed by atoms with Crippen LogP contribution in [0.4, 0.5) is 5.95 Å². The van der Waals surface area contributed by atoms with Crippen LogP contribution in [-0.2, 0) is 0 Å². The van der Waals surface area contributed by atoms with Gasteiger partial charge in [-0.15, -0.1) is 24.8 Å². The number of hydrogen-bond donors (Lipinski definition) is 2. The van der Waals surface area contributed by atoms with Gasteiger partial charge in [0.15, 0.2) is 0 Å². The Labute approximate surface area is 113 Å². The first-order valence-corrected chi connectivity index (χ1v) is 5.23. The Morgan fingerprint density at radius 3 is 2.82 bits per heavy atom. The molecule has 0 spiro atoms. The molecule has 2 rings (SSSR count). The quantitative estimate of drug-likeness (QED) is 0.800. The summed E-state index contributed by atoms with van der Waals surface area (Å²) in [5.41, 5.74) is 6.52. The second-order valence-corrected chi connectivity index (χ2v) is 4.06. The predicted octanol–water partition coefficient (Wildman–Crippen LogP) is 0.849. The van der Waals surface area contributed by atoms with Crippen LogP contribution in [0.25, 0.3) is 0 Å². The summed E-state index contributed by atoms with van der Waals surface area (Å²) in [5.74, 6) is 0.648. The Morgan fingerprint density at radius 2 is 2.24 bits per heavy atom. The van der Waals surface area contributed by atoms with Crippen LogP contribution in [0, 0.1) is 6.92 Å². The van der Waals surface area contributed by atoms with Crippen LogP contribution in [0.3, 0.4) is 0 Å². The molecule has 98 valence electrons. The lowest BCUT2D eigenvalue weighted by atomic mass is 10.1.